The van der Waals surface area contributed by atoms with E-state index in [9.17, 15) is 4.79 Å². The Bertz CT molecular complexity index is 337. The van der Waals surface area contributed by atoms with Crippen LogP contribution in [0.4, 0.5) is 0 Å². The smallest absolute Gasteiger partial charge is 0.349 e. The van der Waals surface area contributed by atoms with Gasteiger partial charge in [-0.1, -0.05) is 23.2 Å². The van der Waals surface area contributed by atoms with E-state index in [4.69, 9.17) is 27.9 Å². The monoisotopic (exact) mass is 302 g/mol. The van der Waals surface area contributed by atoms with Crippen molar-refractivity contribution in [2.45, 2.75) is 6.92 Å². The molecular formula is C7H5BrCl2O2S. The van der Waals surface area contributed by atoms with Crippen molar-refractivity contribution in [3.8, 4) is 0 Å². The first-order valence-corrected chi connectivity index (χ1v) is 5.74. The Hall–Kier alpha value is 0.230. The summed E-state index contributed by atoms with van der Waals surface area (Å²) in [6.45, 7) is 2.05. The largest absolute Gasteiger partial charge is 0.462 e. The molecule has 0 radical (unpaired) electrons. The van der Waals surface area contributed by atoms with E-state index in [2.05, 4.69) is 15.9 Å². The van der Waals surface area contributed by atoms with Crippen LogP contribution in [0.3, 0.4) is 0 Å². The summed E-state index contributed by atoms with van der Waals surface area (Å²) < 4.78 is 5.78. The molecule has 1 heterocycles. The standard InChI is InChI=1S/C7H5BrCl2O2S/c1-2-12-7(11)5-4(9)3(8)6(10)13-5/h2H2,1H3. The third kappa shape index (κ3) is 2.37. The molecule has 0 unspecified atom stereocenters. The summed E-state index contributed by atoms with van der Waals surface area (Å²) in [5.41, 5.74) is 0. The van der Waals surface area contributed by atoms with E-state index >= 15 is 0 Å². The van der Waals surface area contributed by atoms with Crippen molar-refractivity contribution >= 4 is 56.4 Å². The number of ether oxygens (including phenoxy) is 1. The van der Waals surface area contributed by atoms with E-state index in [0.29, 0.717) is 25.3 Å². The fourth-order valence-corrected chi connectivity index (χ4v) is 2.69. The summed E-state index contributed by atoms with van der Waals surface area (Å²) in [5.74, 6) is -0.440. The molecular weight excluding hydrogens is 299 g/mol. The quantitative estimate of drug-likeness (QED) is 0.772. The molecule has 0 spiro atoms. The molecule has 0 aromatic carbocycles. The van der Waals surface area contributed by atoms with Gasteiger partial charge in [-0.05, 0) is 22.9 Å². The summed E-state index contributed by atoms with van der Waals surface area (Å²) in [7, 11) is 0. The number of carbonyl (C=O) groups is 1. The summed E-state index contributed by atoms with van der Waals surface area (Å²) >= 11 is 15.8. The number of rotatable bonds is 2. The minimum absolute atomic E-state index is 0.313. The van der Waals surface area contributed by atoms with E-state index < -0.39 is 5.97 Å². The van der Waals surface area contributed by atoms with Gasteiger partial charge in [-0.25, -0.2) is 4.79 Å². The van der Waals surface area contributed by atoms with Crippen LogP contribution in [0.1, 0.15) is 16.6 Å². The number of thiophene rings is 1. The number of halogens is 3. The molecule has 13 heavy (non-hydrogen) atoms. The van der Waals surface area contributed by atoms with Gasteiger partial charge in [-0.2, -0.15) is 0 Å². The van der Waals surface area contributed by atoms with Gasteiger partial charge >= 0.3 is 5.97 Å². The molecule has 2 nitrogen and oxygen atoms in total. The molecule has 0 aliphatic rings. The van der Waals surface area contributed by atoms with Crippen LogP contribution in [0.2, 0.25) is 9.36 Å². The molecule has 0 aliphatic heterocycles. The van der Waals surface area contributed by atoms with Gasteiger partial charge in [0.2, 0.25) is 0 Å². The van der Waals surface area contributed by atoms with Crippen LogP contribution in [-0.4, -0.2) is 12.6 Å². The predicted octanol–water partition coefficient (Wildman–Crippen LogP) is 3.99. The van der Waals surface area contributed by atoms with Crippen LogP contribution >= 0.6 is 50.5 Å². The maximum Gasteiger partial charge on any atom is 0.349 e. The highest BCUT2D eigenvalue weighted by molar-refractivity contribution is 9.10. The Morgan fingerprint density at radius 2 is 2.23 bits per heavy atom. The zero-order valence-corrected chi connectivity index (χ0v) is 10.5. The van der Waals surface area contributed by atoms with Crippen molar-refractivity contribution in [2.24, 2.45) is 0 Å². The highest BCUT2D eigenvalue weighted by Gasteiger charge is 2.19. The summed E-state index contributed by atoms with van der Waals surface area (Å²) in [6, 6.07) is 0. The molecule has 1 aromatic heterocycles. The Morgan fingerprint density at radius 3 is 2.62 bits per heavy atom. The van der Waals surface area contributed by atoms with E-state index in [1.54, 1.807) is 6.92 Å². The lowest BCUT2D eigenvalue weighted by molar-refractivity contribution is 0.0532. The predicted molar refractivity (Wildman–Crippen MR) is 58.0 cm³/mol. The normalized spacial score (nSPS) is 10.2. The average molecular weight is 304 g/mol. The molecule has 0 amide bonds. The second kappa shape index (κ2) is 4.64. The highest BCUT2D eigenvalue weighted by Crippen LogP contribution is 2.40. The minimum atomic E-state index is -0.440. The fraction of sp³-hybridized carbons (Fsp3) is 0.286. The first kappa shape index (κ1) is 11.3. The Balaban J connectivity index is 3.01. The van der Waals surface area contributed by atoms with E-state index in [1.807, 2.05) is 0 Å². The lowest BCUT2D eigenvalue weighted by Crippen LogP contribution is -2.02. The lowest BCUT2D eigenvalue weighted by atomic mass is 10.5. The van der Waals surface area contributed by atoms with E-state index in [1.165, 1.54) is 0 Å². The summed E-state index contributed by atoms with van der Waals surface area (Å²) in [6.07, 6.45) is 0. The van der Waals surface area contributed by atoms with E-state index in [0.717, 1.165) is 11.3 Å². The minimum Gasteiger partial charge on any atom is -0.462 e. The number of hydrogen-bond donors (Lipinski definition) is 0. The zero-order valence-electron chi connectivity index (χ0n) is 6.57. The van der Waals surface area contributed by atoms with Gasteiger partial charge in [-0.3, -0.25) is 0 Å². The lowest BCUT2D eigenvalue weighted by Gasteiger charge is -1.97. The van der Waals surface area contributed by atoms with E-state index in [-0.39, 0.29) is 0 Å². The molecule has 0 aliphatic carbocycles. The second-order valence-corrected chi connectivity index (χ2v) is 4.85. The third-order valence-corrected chi connectivity index (χ3v) is 4.60. The molecule has 72 valence electrons. The Kier molecular flexibility index (Phi) is 4.04. The molecule has 1 rings (SSSR count). The second-order valence-electron chi connectivity index (χ2n) is 2.05. The highest BCUT2D eigenvalue weighted by atomic mass is 79.9. The van der Waals surface area contributed by atoms with Crippen molar-refractivity contribution in [1.82, 2.24) is 0 Å². The average Bonchev–Trinajstić information content (AvgIpc) is 2.33. The van der Waals surface area contributed by atoms with Gasteiger partial charge in [0.15, 0.2) is 0 Å². The van der Waals surface area contributed by atoms with Gasteiger partial charge in [0.1, 0.15) is 9.21 Å². The maximum absolute atomic E-state index is 11.3. The first-order chi connectivity index (χ1) is 6.07. The molecule has 0 N–H and O–H groups in total. The molecule has 1 aromatic rings. The Labute approximate surface area is 97.9 Å². The SMILES string of the molecule is CCOC(=O)c1sc(Cl)c(Br)c1Cl. The number of hydrogen-bond acceptors (Lipinski definition) is 3. The fourth-order valence-electron chi connectivity index (χ4n) is 0.693. The first-order valence-electron chi connectivity index (χ1n) is 3.38. The van der Waals surface area contributed by atoms with Gasteiger partial charge < -0.3 is 4.74 Å². The van der Waals surface area contributed by atoms with Crippen LogP contribution in [0.25, 0.3) is 0 Å². The molecule has 0 fully saturated rings. The van der Waals surface area contributed by atoms with Crippen molar-refractivity contribution in [3.63, 3.8) is 0 Å². The topological polar surface area (TPSA) is 26.3 Å². The molecule has 0 saturated heterocycles. The summed E-state index contributed by atoms with van der Waals surface area (Å²) in [5, 5.41) is 0.313. The molecule has 0 saturated carbocycles. The van der Waals surface area contributed by atoms with Crippen LogP contribution < -0.4 is 0 Å². The zero-order chi connectivity index (χ0) is 10.0. The molecule has 0 bridgehead atoms. The van der Waals surface area contributed by atoms with Gasteiger partial charge in [0.25, 0.3) is 0 Å². The van der Waals surface area contributed by atoms with Crippen LogP contribution in [0.5, 0.6) is 0 Å². The van der Waals surface area contributed by atoms with Gasteiger partial charge in [0, 0.05) is 0 Å². The van der Waals surface area contributed by atoms with Crippen molar-refractivity contribution in [2.75, 3.05) is 6.61 Å². The Morgan fingerprint density at radius 1 is 1.62 bits per heavy atom. The van der Waals surface area contributed by atoms with Gasteiger partial charge in [0.05, 0.1) is 16.1 Å². The van der Waals surface area contributed by atoms with Crippen LogP contribution in [-0.2, 0) is 4.74 Å². The van der Waals surface area contributed by atoms with Crippen molar-refractivity contribution in [3.05, 3.63) is 18.7 Å². The number of carbonyl (C=O) groups excluding carboxylic acids is 1. The maximum atomic E-state index is 11.3. The number of esters is 1. The van der Waals surface area contributed by atoms with Crippen LogP contribution in [0.15, 0.2) is 4.47 Å². The summed E-state index contributed by atoms with van der Waals surface area (Å²) in [4.78, 5) is 11.6. The van der Waals surface area contributed by atoms with Gasteiger partial charge in [-0.15, -0.1) is 11.3 Å². The van der Waals surface area contributed by atoms with Crippen LogP contribution in [0, 0.1) is 0 Å². The van der Waals surface area contributed by atoms with Crippen molar-refractivity contribution < 1.29 is 9.53 Å². The molecule has 0 atom stereocenters. The van der Waals surface area contributed by atoms with Crippen molar-refractivity contribution in [1.29, 1.82) is 0 Å². The molecule has 6 heteroatoms. The third-order valence-electron chi connectivity index (χ3n) is 1.22.